The van der Waals surface area contributed by atoms with Gasteiger partial charge in [0.15, 0.2) is 0 Å². The minimum atomic E-state index is 0.915. The van der Waals surface area contributed by atoms with E-state index in [-0.39, 0.29) is 0 Å². The Balaban J connectivity index is 1.46. The Labute approximate surface area is 137 Å². The summed E-state index contributed by atoms with van der Waals surface area (Å²) >= 11 is 0. The molecular formula is C20H36N2. The Hall–Kier alpha value is -0.0800. The Kier molecular flexibility index (Phi) is 5.07. The van der Waals surface area contributed by atoms with Gasteiger partial charge in [0, 0.05) is 31.7 Å². The molecule has 2 saturated carbocycles. The molecule has 4 aliphatic rings. The number of fused-ring (bicyclic) bond motifs is 1. The monoisotopic (exact) mass is 304 g/mol. The summed E-state index contributed by atoms with van der Waals surface area (Å²) in [4.78, 5) is 5.86. The summed E-state index contributed by atoms with van der Waals surface area (Å²) in [5.41, 5.74) is 0. The minimum absolute atomic E-state index is 0.915. The van der Waals surface area contributed by atoms with E-state index in [0.29, 0.717) is 0 Å². The van der Waals surface area contributed by atoms with E-state index < -0.39 is 0 Å². The van der Waals surface area contributed by atoms with Crippen LogP contribution in [-0.2, 0) is 0 Å². The molecule has 0 spiro atoms. The van der Waals surface area contributed by atoms with E-state index in [4.69, 9.17) is 0 Å². The molecule has 4 fully saturated rings. The normalized spacial score (nSPS) is 36.5. The van der Waals surface area contributed by atoms with Gasteiger partial charge in [0.05, 0.1) is 0 Å². The standard InChI is InChI=1S/C20H36N2/c1-3-8-17(9-4-1)16-22-15-14-21-13-7-12-19(21)20(22)18-10-5-2-6-11-18/h17-20H,1-16H2/t19-,20-/m0/s1. The topological polar surface area (TPSA) is 6.48 Å². The summed E-state index contributed by atoms with van der Waals surface area (Å²) in [5, 5.41) is 0. The van der Waals surface area contributed by atoms with Crippen molar-refractivity contribution in [1.82, 2.24) is 9.80 Å². The molecule has 0 unspecified atom stereocenters. The van der Waals surface area contributed by atoms with Gasteiger partial charge in [-0.05, 0) is 56.9 Å². The summed E-state index contributed by atoms with van der Waals surface area (Å²) in [7, 11) is 0. The van der Waals surface area contributed by atoms with E-state index in [0.717, 1.165) is 23.9 Å². The van der Waals surface area contributed by atoms with E-state index in [1.54, 1.807) is 0 Å². The van der Waals surface area contributed by atoms with Crippen LogP contribution in [0.5, 0.6) is 0 Å². The Bertz CT molecular complexity index is 344. The predicted molar refractivity (Wildman–Crippen MR) is 93.1 cm³/mol. The molecule has 22 heavy (non-hydrogen) atoms. The van der Waals surface area contributed by atoms with Gasteiger partial charge < -0.3 is 0 Å². The molecule has 126 valence electrons. The van der Waals surface area contributed by atoms with E-state index in [2.05, 4.69) is 9.80 Å². The van der Waals surface area contributed by atoms with Crippen LogP contribution >= 0.6 is 0 Å². The molecule has 4 rings (SSSR count). The third-order valence-corrected chi connectivity index (χ3v) is 7.25. The van der Waals surface area contributed by atoms with Gasteiger partial charge in [-0.15, -0.1) is 0 Å². The van der Waals surface area contributed by atoms with E-state index in [1.165, 1.54) is 103 Å². The smallest absolute Gasteiger partial charge is 0.0280 e. The summed E-state index contributed by atoms with van der Waals surface area (Å²) < 4.78 is 0. The molecule has 0 radical (unpaired) electrons. The third-order valence-electron chi connectivity index (χ3n) is 7.25. The first kappa shape index (κ1) is 15.4. The van der Waals surface area contributed by atoms with Crippen molar-refractivity contribution >= 4 is 0 Å². The highest BCUT2D eigenvalue weighted by Gasteiger charge is 2.43. The molecule has 0 amide bonds. The third kappa shape index (κ3) is 3.24. The molecule has 2 heteroatoms. The van der Waals surface area contributed by atoms with Crippen LogP contribution in [0.1, 0.15) is 77.0 Å². The van der Waals surface area contributed by atoms with Crippen LogP contribution in [-0.4, -0.2) is 48.1 Å². The van der Waals surface area contributed by atoms with Gasteiger partial charge in [0.25, 0.3) is 0 Å². The highest BCUT2D eigenvalue weighted by atomic mass is 15.3. The molecule has 0 bridgehead atoms. The van der Waals surface area contributed by atoms with Crippen molar-refractivity contribution in [1.29, 1.82) is 0 Å². The Morgan fingerprint density at radius 3 is 2.14 bits per heavy atom. The van der Waals surface area contributed by atoms with Crippen LogP contribution in [0.4, 0.5) is 0 Å². The van der Waals surface area contributed by atoms with E-state index >= 15 is 0 Å². The Morgan fingerprint density at radius 2 is 1.36 bits per heavy atom. The van der Waals surface area contributed by atoms with Gasteiger partial charge in [-0.3, -0.25) is 9.80 Å². The maximum Gasteiger partial charge on any atom is 0.0280 e. The number of piperazine rings is 1. The predicted octanol–water partition coefficient (Wildman–Crippen LogP) is 4.30. The molecule has 2 atom stereocenters. The van der Waals surface area contributed by atoms with Crippen LogP contribution in [0.15, 0.2) is 0 Å². The van der Waals surface area contributed by atoms with Crippen LogP contribution in [0.25, 0.3) is 0 Å². The molecule has 0 aromatic heterocycles. The van der Waals surface area contributed by atoms with Gasteiger partial charge >= 0.3 is 0 Å². The number of rotatable bonds is 3. The largest absolute Gasteiger partial charge is 0.298 e. The molecule has 0 aromatic carbocycles. The number of hydrogen-bond acceptors (Lipinski definition) is 2. The second-order valence-electron chi connectivity index (χ2n) is 8.63. The van der Waals surface area contributed by atoms with Gasteiger partial charge in [-0.25, -0.2) is 0 Å². The number of nitrogens with zero attached hydrogens (tertiary/aromatic N) is 2. The van der Waals surface area contributed by atoms with Crippen molar-refractivity contribution in [2.45, 2.75) is 89.1 Å². The van der Waals surface area contributed by atoms with Crippen LogP contribution in [0, 0.1) is 11.8 Å². The second kappa shape index (κ2) is 7.21. The fourth-order valence-corrected chi connectivity index (χ4v) is 6.17. The van der Waals surface area contributed by atoms with Crippen molar-refractivity contribution in [3.63, 3.8) is 0 Å². The second-order valence-corrected chi connectivity index (χ2v) is 8.63. The van der Waals surface area contributed by atoms with E-state index in [1.807, 2.05) is 0 Å². The molecule has 0 aromatic rings. The van der Waals surface area contributed by atoms with Gasteiger partial charge in [-0.1, -0.05) is 38.5 Å². The zero-order valence-corrected chi connectivity index (χ0v) is 14.5. The van der Waals surface area contributed by atoms with Gasteiger partial charge in [0.1, 0.15) is 0 Å². The molecule has 2 nitrogen and oxygen atoms in total. The fraction of sp³-hybridized carbons (Fsp3) is 1.00. The van der Waals surface area contributed by atoms with Crippen LogP contribution in [0.3, 0.4) is 0 Å². The first-order valence-corrected chi connectivity index (χ1v) is 10.4. The Morgan fingerprint density at radius 1 is 0.636 bits per heavy atom. The quantitative estimate of drug-likeness (QED) is 0.767. The summed E-state index contributed by atoms with van der Waals surface area (Å²) in [5.74, 6) is 2.04. The molecular weight excluding hydrogens is 268 g/mol. The summed E-state index contributed by atoms with van der Waals surface area (Å²) in [6, 6.07) is 1.83. The SMILES string of the molecule is C1CCC(CN2CCN3CCC[C@H]3[C@@H]2C2CCCCC2)CC1. The summed E-state index contributed by atoms with van der Waals surface area (Å²) in [6.45, 7) is 5.56. The zero-order chi connectivity index (χ0) is 14.8. The maximum absolute atomic E-state index is 3.00. The van der Waals surface area contributed by atoms with Gasteiger partial charge in [-0.2, -0.15) is 0 Å². The molecule has 2 aliphatic carbocycles. The highest BCUT2D eigenvalue weighted by Crippen LogP contribution is 2.38. The van der Waals surface area contributed by atoms with Gasteiger partial charge in [0.2, 0.25) is 0 Å². The van der Waals surface area contributed by atoms with Crippen LogP contribution in [0.2, 0.25) is 0 Å². The minimum Gasteiger partial charge on any atom is -0.298 e. The maximum atomic E-state index is 3.00. The lowest BCUT2D eigenvalue weighted by atomic mass is 9.78. The first-order valence-electron chi connectivity index (χ1n) is 10.4. The lowest BCUT2D eigenvalue weighted by Crippen LogP contribution is -2.60. The van der Waals surface area contributed by atoms with Crippen molar-refractivity contribution in [3.05, 3.63) is 0 Å². The molecule has 2 aliphatic heterocycles. The fourth-order valence-electron chi connectivity index (χ4n) is 6.17. The van der Waals surface area contributed by atoms with Crippen molar-refractivity contribution in [3.8, 4) is 0 Å². The van der Waals surface area contributed by atoms with Crippen molar-refractivity contribution in [2.75, 3.05) is 26.2 Å². The van der Waals surface area contributed by atoms with E-state index in [9.17, 15) is 0 Å². The number of hydrogen-bond donors (Lipinski definition) is 0. The average Bonchev–Trinajstić information content (AvgIpc) is 3.05. The van der Waals surface area contributed by atoms with Crippen LogP contribution < -0.4 is 0 Å². The first-order chi connectivity index (χ1) is 10.9. The molecule has 2 saturated heterocycles. The summed E-state index contributed by atoms with van der Waals surface area (Å²) in [6.07, 6.45) is 18.0. The highest BCUT2D eigenvalue weighted by molar-refractivity contribution is 4.99. The lowest BCUT2D eigenvalue weighted by molar-refractivity contribution is -0.01000. The lowest BCUT2D eigenvalue weighted by Gasteiger charge is -2.50. The van der Waals surface area contributed by atoms with Crippen molar-refractivity contribution in [2.24, 2.45) is 11.8 Å². The average molecular weight is 305 g/mol. The van der Waals surface area contributed by atoms with Crippen molar-refractivity contribution < 1.29 is 0 Å². The molecule has 0 N–H and O–H groups in total. The molecule has 2 heterocycles. The zero-order valence-electron chi connectivity index (χ0n) is 14.5.